The third-order valence-corrected chi connectivity index (χ3v) is 14.0. The number of carbonyl (C=O) groups is 3. The molecule has 0 unspecified atom stereocenters. The Morgan fingerprint density at radius 1 is 0.458 bits per heavy atom. The van der Waals surface area contributed by atoms with Gasteiger partial charge in [0.15, 0.2) is 69.8 Å². The SMILES string of the molecule is COC(=O)N(C)c1c(N)nc(-c2nn(Cc3ccccc3F)c3c(F)cc(F)cc23)nc1N.COC(=O)Nc1c(N)nc(-c2nn(Cc3ccccc3F)c3c(F)cc(F)cc23)nc1N.COC(=O)Nc1c(N)nc(-c2nn(Cc3cccnc3)c3c(F)cc(F)cc23)nc1N. The first kappa shape index (κ1) is 65.9. The summed E-state index contributed by atoms with van der Waals surface area (Å²) in [7, 11) is 4.85. The number of hydrogen-bond acceptors (Lipinski definition) is 22. The normalized spacial score (nSPS) is 11.0. The molecule has 7 aromatic heterocycles. The summed E-state index contributed by atoms with van der Waals surface area (Å²) < 4.78 is 132. The van der Waals surface area contributed by atoms with Crippen LogP contribution in [0.2, 0.25) is 0 Å². The lowest BCUT2D eigenvalue weighted by Gasteiger charge is -2.18. The molecule has 0 fully saturated rings. The van der Waals surface area contributed by atoms with E-state index >= 15 is 0 Å². The van der Waals surface area contributed by atoms with Gasteiger partial charge in [-0.15, -0.1) is 0 Å². The van der Waals surface area contributed by atoms with Crippen molar-refractivity contribution in [3.8, 4) is 34.6 Å². The first-order valence-electron chi connectivity index (χ1n) is 27.6. The molecule has 28 nitrogen and oxygen atoms in total. The molecule has 12 aromatic rings. The van der Waals surface area contributed by atoms with Crippen LogP contribution in [0.4, 0.5) is 101 Å². The minimum Gasteiger partial charge on any atom is -0.453 e. The third kappa shape index (κ3) is 13.6. The fourth-order valence-corrected chi connectivity index (χ4v) is 9.71. The number of nitrogens with one attached hydrogen (secondary N) is 2. The predicted octanol–water partition coefficient (Wildman–Crippen LogP) is 9.19. The largest absolute Gasteiger partial charge is 0.453 e. The topological polar surface area (TPSA) is 406 Å². The zero-order valence-corrected chi connectivity index (χ0v) is 50.2. The molecule has 96 heavy (non-hydrogen) atoms. The fourth-order valence-electron chi connectivity index (χ4n) is 9.71. The Labute approximate surface area is 534 Å². The summed E-state index contributed by atoms with van der Waals surface area (Å²) in [5.41, 5.74) is 36.6. The maximum Gasteiger partial charge on any atom is 0.413 e. The van der Waals surface area contributed by atoms with Crippen LogP contribution in [-0.4, -0.2) is 111 Å². The van der Waals surface area contributed by atoms with Crippen molar-refractivity contribution in [3.05, 3.63) is 173 Å². The average molecular weight is 1330 g/mol. The van der Waals surface area contributed by atoms with Crippen LogP contribution >= 0.6 is 0 Å². The van der Waals surface area contributed by atoms with Crippen LogP contribution in [0.25, 0.3) is 67.3 Å². The zero-order valence-electron chi connectivity index (χ0n) is 50.2. The second-order valence-electron chi connectivity index (χ2n) is 20.2. The smallest absolute Gasteiger partial charge is 0.413 e. The second kappa shape index (κ2) is 27.4. The number of halogens is 8. The van der Waals surface area contributed by atoms with Crippen molar-refractivity contribution < 1.29 is 63.7 Å². The molecule has 0 bridgehead atoms. The van der Waals surface area contributed by atoms with Gasteiger partial charge in [0.25, 0.3) is 0 Å². The van der Waals surface area contributed by atoms with E-state index in [1.165, 1.54) is 71.7 Å². The number of aromatic nitrogens is 13. The Balaban J connectivity index is 0.000000157. The molecule has 0 saturated heterocycles. The van der Waals surface area contributed by atoms with Crippen LogP contribution in [0.15, 0.2) is 109 Å². The number of ether oxygens (including phenoxy) is 3. The molecular weight excluding hydrogens is 1280 g/mol. The fraction of sp³-hybridized carbons (Fsp3) is 0.117. The van der Waals surface area contributed by atoms with Crippen molar-refractivity contribution in [2.75, 3.05) is 78.3 Å². The van der Waals surface area contributed by atoms with Gasteiger partial charge in [-0.05, 0) is 42.0 Å². The molecule has 0 radical (unpaired) electrons. The van der Waals surface area contributed by atoms with Gasteiger partial charge in [-0.3, -0.25) is 34.6 Å². The number of fused-ring (bicyclic) bond motifs is 3. The quantitative estimate of drug-likeness (QED) is 0.0417. The van der Waals surface area contributed by atoms with Gasteiger partial charge in [-0.25, -0.2) is 79.4 Å². The highest BCUT2D eigenvalue weighted by atomic mass is 19.2. The number of hydrogen-bond donors (Lipinski definition) is 8. The van der Waals surface area contributed by atoms with E-state index in [2.05, 4.69) is 75.0 Å². The molecule has 14 N–H and O–H groups in total. The number of nitrogen functional groups attached to an aromatic ring is 6. The summed E-state index contributed by atoms with van der Waals surface area (Å²) in [6.45, 7) is -0.113. The summed E-state index contributed by atoms with van der Waals surface area (Å²) in [6, 6.07) is 20.8. The van der Waals surface area contributed by atoms with Crippen LogP contribution in [0, 0.1) is 46.5 Å². The van der Waals surface area contributed by atoms with Crippen molar-refractivity contribution in [2.45, 2.75) is 19.6 Å². The first-order chi connectivity index (χ1) is 45.9. The standard InChI is InChI=1S/C21H18F3N7O2.C20H16F3N7O2.C19H16F2N8O2/c1-30(21(32)33-2)17-18(25)27-20(28-19(17)26)15-12-7-11(22)8-14(24)16(12)31(29-15)9-10-5-3-4-6-13(10)23;1-32-20(31)26-15-17(24)27-19(28-18(15)25)14-11-6-10(21)7-13(23)16(11)30(29-14)8-9-4-2-3-5-12(9)22;1-31-19(30)25-14-16(22)26-18(27-17(14)23)13-11-5-10(20)6-12(21)15(11)29(28-13)8-9-3-2-4-24-7-9/h3-8H,9H2,1-2H3,(H4,25,26,27,28);2-7H,8H2,1H3,(H,26,31)(H4,24,25,27,28);2-7H,8H2,1H3,(H,25,30)(H4,22,23,26,27). The van der Waals surface area contributed by atoms with Crippen LogP contribution in [0.5, 0.6) is 0 Å². The zero-order chi connectivity index (χ0) is 69.0. The van der Waals surface area contributed by atoms with Gasteiger partial charge < -0.3 is 48.6 Å². The van der Waals surface area contributed by atoms with E-state index in [4.69, 9.17) is 34.4 Å². The number of amides is 3. The predicted molar refractivity (Wildman–Crippen MR) is 336 cm³/mol. The lowest BCUT2D eigenvalue weighted by atomic mass is 10.1. The molecule has 0 atom stereocenters. The van der Waals surface area contributed by atoms with Crippen LogP contribution in [0.3, 0.4) is 0 Å². The molecule has 492 valence electrons. The third-order valence-electron chi connectivity index (χ3n) is 14.0. The molecule has 0 aliphatic rings. The van der Waals surface area contributed by atoms with E-state index in [-0.39, 0.29) is 150 Å². The molecule has 5 aromatic carbocycles. The summed E-state index contributed by atoms with van der Waals surface area (Å²) in [5.74, 6) is -7.59. The van der Waals surface area contributed by atoms with Gasteiger partial charge >= 0.3 is 18.3 Å². The van der Waals surface area contributed by atoms with E-state index < -0.39 is 64.8 Å². The molecule has 0 spiro atoms. The summed E-state index contributed by atoms with van der Waals surface area (Å²) in [4.78, 5) is 64.4. The van der Waals surface area contributed by atoms with E-state index in [1.54, 1.807) is 36.7 Å². The summed E-state index contributed by atoms with van der Waals surface area (Å²) >= 11 is 0. The molecule has 0 aliphatic carbocycles. The Bertz CT molecular complexity index is 4950. The molecule has 12 rings (SSSR count). The minimum absolute atomic E-state index is 0.00180. The van der Waals surface area contributed by atoms with Crippen molar-refractivity contribution in [1.82, 2.24) is 64.2 Å². The molecule has 0 aliphatic heterocycles. The van der Waals surface area contributed by atoms with Gasteiger partial charge in [0, 0.05) is 64.9 Å². The monoisotopic (exact) mass is 1330 g/mol. The van der Waals surface area contributed by atoms with Crippen molar-refractivity contribution >= 4 is 103 Å². The van der Waals surface area contributed by atoms with E-state index in [1.807, 2.05) is 0 Å². The van der Waals surface area contributed by atoms with Gasteiger partial charge in [0.2, 0.25) is 0 Å². The van der Waals surface area contributed by atoms with Crippen LogP contribution < -0.4 is 49.9 Å². The number of anilines is 9. The highest BCUT2D eigenvalue weighted by Crippen LogP contribution is 2.37. The van der Waals surface area contributed by atoms with Gasteiger partial charge in [-0.2, -0.15) is 15.3 Å². The van der Waals surface area contributed by atoms with E-state index in [9.17, 15) is 49.5 Å². The number of carbonyl (C=O) groups excluding carboxylic acids is 3. The highest BCUT2D eigenvalue weighted by molar-refractivity contribution is 5.99. The molecule has 3 amide bonds. The molecular formula is C60H50F8N22O6. The Morgan fingerprint density at radius 3 is 1.15 bits per heavy atom. The lowest BCUT2D eigenvalue weighted by Crippen LogP contribution is -2.28. The Morgan fingerprint density at radius 2 is 0.812 bits per heavy atom. The van der Waals surface area contributed by atoms with Crippen molar-refractivity contribution in [2.24, 2.45) is 0 Å². The maximum absolute atomic E-state index is 14.8. The number of rotatable bonds is 12. The first-order valence-corrected chi connectivity index (χ1v) is 27.6. The van der Waals surface area contributed by atoms with Crippen LogP contribution in [0.1, 0.15) is 16.7 Å². The minimum atomic E-state index is -0.903. The number of nitrogens with zero attached hydrogens (tertiary/aromatic N) is 14. The molecule has 0 saturated carbocycles. The maximum atomic E-state index is 14.8. The Kier molecular flexibility index (Phi) is 18.8. The van der Waals surface area contributed by atoms with Gasteiger partial charge in [0.1, 0.15) is 79.8 Å². The van der Waals surface area contributed by atoms with E-state index in [0.717, 1.165) is 41.8 Å². The summed E-state index contributed by atoms with van der Waals surface area (Å²) in [6.07, 6.45) is 0.797. The van der Waals surface area contributed by atoms with Gasteiger partial charge in [-0.1, -0.05) is 42.5 Å². The second-order valence-corrected chi connectivity index (χ2v) is 20.2. The lowest BCUT2D eigenvalue weighted by molar-refractivity contribution is 0.180. The average Bonchev–Trinajstić information content (AvgIpc) is 1.61. The van der Waals surface area contributed by atoms with Crippen molar-refractivity contribution in [1.29, 1.82) is 0 Å². The number of methoxy groups -OCH3 is 3. The summed E-state index contributed by atoms with van der Waals surface area (Å²) in [5, 5.41) is 17.8. The molecule has 36 heteroatoms. The van der Waals surface area contributed by atoms with Gasteiger partial charge in [0.05, 0.1) is 41.0 Å². The number of benzene rings is 5. The van der Waals surface area contributed by atoms with Crippen molar-refractivity contribution in [3.63, 3.8) is 0 Å². The number of pyridine rings is 1. The van der Waals surface area contributed by atoms with Crippen LogP contribution in [-0.2, 0) is 33.8 Å². The van der Waals surface area contributed by atoms with E-state index in [0.29, 0.717) is 12.1 Å². The number of nitrogens with two attached hydrogens (primary N) is 6. The molecule has 7 heterocycles. The highest BCUT2D eigenvalue weighted by Gasteiger charge is 2.28. The Hall–Kier alpha value is -13.1.